The number of halogens is 1. The third-order valence-corrected chi connectivity index (χ3v) is 3.48. The van der Waals surface area contributed by atoms with Gasteiger partial charge in [0.2, 0.25) is 0 Å². The predicted molar refractivity (Wildman–Crippen MR) is 82.9 cm³/mol. The fraction of sp³-hybridized carbons (Fsp3) is 0. The van der Waals surface area contributed by atoms with Gasteiger partial charge in [0.1, 0.15) is 0 Å². The first-order valence-corrected chi connectivity index (χ1v) is 6.65. The van der Waals surface area contributed by atoms with E-state index < -0.39 is 0 Å². The van der Waals surface area contributed by atoms with E-state index in [9.17, 15) is 10.2 Å². The third-order valence-electron chi connectivity index (χ3n) is 3.10. The fourth-order valence-electron chi connectivity index (χ4n) is 2.05. The molecule has 3 rings (SSSR count). The topological polar surface area (TPSA) is 65.2 Å². The van der Waals surface area contributed by atoms with Gasteiger partial charge in [-0.1, -0.05) is 54.1 Å². The van der Waals surface area contributed by atoms with Crippen molar-refractivity contribution in [1.82, 2.24) is 0 Å². The number of phenols is 2. The van der Waals surface area contributed by atoms with E-state index in [1.54, 1.807) is 36.4 Å². The van der Waals surface area contributed by atoms with Crippen molar-refractivity contribution in [3.63, 3.8) is 0 Å². The molecule has 0 fully saturated rings. The summed E-state index contributed by atoms with van der Waals surface area (Å²) in [4.78, 5) is 0. The summed E-state index contributed by atoms with van der Waals surface area (Å²) in [6.45, 7) is 0. The molecule has 0 atom stereocenters. The standard InChI is InChI=1S/C16H11ClN2O2/c17-13-11-8-4-5-9-12(11)15(20)14(16(13)21)19-18-10-6-2-1-3-7-10/h1-9,20-21H. The van der Waals surface area contributed by atoms with Crippen LogP contribution in [0.15, 0.2) is 64.8 Å². The van der Waals surface area contributed by atoms with Crippen LogP contribution in [0.5, 0.6) is 11.5 Å². The van der Waals surface area contributed by atoms with Crippen LogP contribution < -0.4 is 0 Å². The molecule has 0 saturated carbocycles. The Morgan fingerprint density at radius 3 is 2.05 bits per heavy atom. The third kappa shape index (κ3) is 2.41. The lowest BCUT2D eigenvalue weighted by Gasteiger charge is -2.08. The first-order chi connectivity index (χ1) is 10.2. The van der Waals surface area contributed by atoms with Crippen LogP contribution >= 0.6 is 11.6 Å². The van der Waals surface area contributed by atoms with Crippen molar-refractivity contribution in [3.05, 3.63) is 59.6 Å². The number of azo groups is 1. The van der Waals surface area contributed by atoms with Gasteiger partial charge in [0.05, 0.1) is 10.7 Å². The van der Waals surface area contributed by atoms with E-state index in [2.05, 4.69) is 10.2 Å². The molecule has 0 heterocycles. The number of rotatable bonds is 2. The minimum Gasteiger partial charge on any atom is -0.505 e. The Morgan fingerprint density at radius 1 is 0.714 bits per heavy atom. The highest BCUT2D eigenvalue weighted by Crippen LogP contribution is 2.48. The van der Waals surface area contributed by atoms with Crippen LogP contribution in [0.25, 0.3) is 10.8 Å². The summed E-state index contributed by atoms with van der Waals surface area (Å²) in [7, 11) is 0. The molecule has 0 bridgehead atoms. The maximum atomic E-state index is 10.3. The van der Waals surface area contributed by atoms with Crippen LogP contribution in [0.2, 0.25) is 5.02 Å². The van der Waals surface area contributed by atoms with Crippen molar-refractivity contribution in [2.24, 2.45) is 10.2 Å². The van der Waals surface area contributed by atoms with Crippen LogP contribution in [0.3, 0.4) is 0 Å². The molecule has 0 spiro atoms. The summed E-state index contributed by atoms with van der Waals surface area (Å²) in [6.07, 6.45) is 0. The van der Waals surface area contributed by atoms with Gasteiger partial charge in [-0.05, 0) is 12.1 Å². The van der Waals surface area contributed by atoms with Gasteiger partial charge in [-0.25, -0.2) is 0 Å². The lowest BCUT2D eigenvalue weighted by Crippen LogP contribution is -1.79. The highest BCUT2D eigenvalue weighted by atomic mass is 35.5. The summed E-state index contributed by atoms with van der Waals surface area (Å²) in [5.74, 6) is -0.431. The van der Waals surface area contributed by atoms with Gasteiger partial charge in [-0.15, -0.1) is 5.11 Å². The zero-order chi connectivity index (χ0) is 14.8. The van der Waals surface area contributed by atoms with Crippen LogP contribution in [0, 0.1) is 0 Å². The van der Waals surface area contributed by atoms with E-state index >= 15 is 0 Å². The minimum atomic E-state index is -0.285. The maximum absolute atomic E-state index is 10.3. The molecule has 4 nitrogen and oxygen atoms in total. The van der Waals surface area contributed by atoms with Crippen molar-refractivity contribution < 1.29 is 10.2 Å². The first-order valence-electron chi connectivity index (χ1n) is 6.27. The van der Waals surface area contributed by atoms with Gasteiger partial charge in [0, 0.05) is 10.8 Å². The second-order valence-corrected chi connectivity index (χ2v) is 4.82. The predicted octanol–water partition coefficient (Wildman–Crippen LogP) is 5.32. The Kier molecular flexibility index (Phi) is 3.46. The van der Waals surface area contributed by atoms with Gasteiger partial charge >= 0.3 is 0 Å². The van der Waals surface area contributed by atoms with E-state index in [1.807, 2.05) is 18.2 Å². The van der Waals surface area contributed by atoms with E-state index in [-0.39, 0.29) is 22.2 Å². The highest BCUT2D eigenvalue weighted by Gasteiger charge is 2.17. The molecule has 21 heavy (non-hydrogen) atoms. The van der Waals surface area contributed by atoms with Gasteiger partial charge < -0.3 is 10.2 Å². The van der Waals surface area contributed by atoms with Crippen molar-refractivity contribution in [2.75, 3.05) is 0 Å². The number of fused-ring (bicyclic) bond motifs is 1. The number of hydrogen-bond donors (Lipinski definition) is 2. The van der Waals surface area contributed by atoms with E-state index in [0.717, 1.165) is 0 Å². The van der Waals surface area contributed by atoms with Gasteiger partial charge in [0.25, 0.3) is 0 Å². The molecule has 0 aliphatic rings. The SMILES string of the molecule is Oc1c(N=Nc2ccccc2)c(O)c2ccccc2c1Cl. The summed E-state index contributed by atoms with van der Waals surface area (Å²) < 4.78 is 0. The minimum absolute atomic E-state index is 0.0393. The zero-order valence-electron chi connectivity index (χ0n) is 10.9. The molecule has 0 aromatic heterocycles. The molecule has 0 aliphatic carbocycles. The van der Waals surface area contributed by atoms with Crippen LogP contribution in [-0.2, 0) is 0 Å². The van der Waals surface area contributed by atoms with Crippen molar-refractivity contribution in [1.29, 1.82) is 0 Å². The summed E-state index contributed by atoms with van der Waals surface area (Å²) >= 11 is 6.12. The normalized spacial score (nSPS) is 11.3. The summed E-state index contributed by atoms with van der Waals surface area (Å²) in [5, 5.41) is 29.5. The number of hydrogen-bond acceptors (Lipinski definition) is 4. The molecule has 0 saturated heterocycles. The highest BCUT2D eigenvalue weighted by molar-refractivity contribution is 6.38. The Labute approximate surface area is 126 Å². The fourth-order valence-corrected chi connectivity index (χ4v) is 2.30. The van der Waals surface area contributed by atoms with Gasteiger partial charge in [-0.2, -0.15) is 5.11 Å². The lowest BCUT2D eigenvalue weighted by atomic mass is 10.1. The summed E-state index contributed by atoms with van der Waals surface area (Å²) in [6, 6.07) is 16.0. The molecule has 2 N–H and O–H groups in total. The molecule has 104 valence electrons. The molecule has 0 amide bonds. The van der Waals surface area contributed by atoms with Crippen molar-refractivity contribution in [3.8, 4) is 11.5 Å². The monoisotopic (exact) mass is 298 g/mol. The van der Waals surface area contributed by atoms with Crippen molar-refractivity contribution >= 4 is 33.7 Å². The largest absolute Gasteiger partial charge is 0.505 e. The lowest BCUT2D eigenvalue weighted by molar-refractivity contribution is 0.457. The first kappa shape index (κ1) is 13.4. The molecular weight excluding hydrogens is 288 g/mol. The zero-order valence-corrected chi connectivity index (χ0v) is 11.6. The van der Waals surface area contributed by atoms with E-state index in [4.69, 9.17) is 11.6 Å². The van der Waals surface area contributed by atoms with Crippen LogP contribution in [0.4, 0.5) is 11.4 Å². The Morgan fingerprint density at radius 2 is 1.33 bits per heavy atom. The number of aromatic hydroxyl groups is 2. The van der Waals surface area contributed by atoms with E-state index in [0.29, 0.717) is 16.5 Å². The second kappa shape index (κ2) is 5.42. The average Bonchev–Trinajstić information content (AvgIpc) is 2.54. The smallest absolute Gasteiger partial charge is 0.171 e. The van der Waals surface area contributed by atoms with Gasteiger partial charge in [0.15, 0.2) is 17.2 Å². The van der Waals surface area contributed by atoms with Crippen LogP contribution in [0.1, 0.15) is 0 Å². The second-order valence-electron chi connectivity index (χ2n) is 4.44. The molecule has 0 radical (unpaired) electrons. The molecule has 0 unspecified atom stereocenters. The number of nitrogens with zero attached hydrogens (tertiary/aromatic N) is 2. The summed E-state index contributed by atoms with van der Waals surface area (Å²) in [5.41, 5.74) is 0.572. The van der Waals surface area contributed by atoms with E-state index in [1.165, 1.54) is 0 Å². The maximum Gasteiger partial charge on any atom is 0.171 e. The Hall–Kier alpha value is -2.59. The molecule has 5 heteroatoms. The average molecular weight is 299 g/mol. The number of phenolic OH excluding ortho intramolecular Hbond substituents is 2. The van der Waals surface area contributed by atoms with Gasteiger partial charge in [-0.3, -0.25) is 0 Å². The Bertz CT molecular complexity index is 833. The quantitative estimate of drug-likeness (QED) is 0.629. The van der Waals surface area contributed by atoms with Crippen molar-refractivity contribution in [2.45, 2.75) is 0 Å². The number of benzene rings is 3. The van der Waals surface area contributed by atoms with Crippen LogP contribution in [-0.4, -0.2) is 10.2 Å². The molecule has 3 aromatic carbocycles. The molecule has 0 aliphatic heterocycles. The molecule has 3 aromatic rings. The molecular formula is C16H11ClN2O2. The Balaban J connectivity index is 2.17.